The fourth-order valence-electron chi connectivity index (χ4n) is 2.46. The number of nitrogens with zero attached hydrogens (tertiary/aromatic N) is 2. The molecule has 1 fully saturated rings. The maximum Gasteiger partial charge on any atom is 0.337 e. The van der Waals surface area contributed by atoms with Gasteiger partial charge in [0.05, 0.1) is 5.56 Å². The molecule has 4 nitrogen and oxygen atoms in total. The van der Waals surface area contributed by atoms with Crippen LogP contribution in [0.15, 0.2) is 36.5 Å². The summed E-state index contributed by atoms with van der Waals surface area (Å²) in [6, 6.07) is 9.81. The van der Waals surface area contributed by atoms with Gasteiger partial charge in [-0.25, -0.2) is 9.78 Å². The molecule has 1 aliphatic rings. The van der Waals surface area contributed by atoms with Crippen molar-refractivity contribution in [2.24, 2.45) is 5.92 Å². The molecule has 1 aromatic heterocycles. The molecule has 0 atom stereocenters. The first-order valence-corrected chi connectivity index (χ1v) is 7.59. The molecular weight excluding hydrogens is 276 g/mol. The summed E-state index contributed by atoms with van der Waals surface area (Å²) in [4.78, 5) is 17.5. The lowest BCUT2D eigenvalue weighted by Gasteiger charge is -2.24. The summed E-state index contributed by atoms with van der Waals surface area (Å²) in [5.74, 6) is 0.571. The number of carbonyl (C=O) groups is 1. The fraction of sp³-hybridized carbons (Fsp3) is 0.333. The number of carboxylic acid groups (broad SMARTS) is 1. The van der Waals surface area contributed by atoms with Crippen molar-refractivity contribution in [1.29, 1.82) is 0 Å². The molecule has 22 heavy (non-hydrogen) atoms. The quantitative estimate of drug-likeness (QED) is 0.908. The lowest BCUT2D eigenvalue weighted by atomic mass is 10.1. The first kappa shape index (κ1) is 14.6. The van der Waals surface area contributed by atoms with Crippen LogP contribution in [0.3, 0.4) is 0 Å². The molecule has 0 spiro atoms. The smallest absolute Gasteiger partial charge is 0.337 e. The Morgan fingerprint density at radius 3 is 2.55 bits per heavy atom. The molecule has 0 aliphatic heterocycles. The maximum absolute atomic E-state index is 11.0. The number of aromatic nitrogens is 1. The van der Waals surface area contributed by atoms with Gasteiger partial charge in [-0.2, -0.15) is 0 Å². The molecule has 0 saturated heterocycles. The molecular formula is C18H20N2O2. The highest BCUT2D eigenvalue weighted by molar-refractivity contribution is 5.87. The van der Waals surface area contributed by atoms with E-state index in [0.29, 0.717) is 5.92 Å². The number of aryl methyl sites for hydroxylation is 2. The van der Waals surface area contributed by atoms with Crippen LogP contribution in [-0.4, -0.2) is 22.6 Å². The van der Waals surface area contributed by atoms with E-state index in [-0.39, 0.29) is 5.56 Å². The van der Waals surface area contributed by atoms with Crippen molar-refractivity contribution < 1.29 is 9.90 Å². The van der Waals surface area contributed by atoms with Crippen LogP contribution < -0.4 is 4.90 Å². The zero-order valence-electron chi connectivity index (χ0n) is 12.9. The number of pyridine rings is 1. The standard InChI is InChI=1S/C18H20N2O2/c1-12-3-7-16(9-13(12)2)20(11-14-4-5-14)17-8-6-15(10-19-17)18(21)22/h3,6-10,14H,4-5,11H2,1-2H3,(H,21,22). The SMILES string of the molecule is Cc1ccc(N(CC2CC2)c2ccc(C(=O)O)cn2)cc1C. The first-order valence-electron chi connectivity index (χ1n) is 7.59. The Morgan fingerprint density at radius 2 is 2.00 bits per heavy atom. The Labute approximate surface area is 130 Å². The Morgan fingerprint density at radius 1 is 1.23 bits per heavy atom. The second kappa shape index (κ2) is 5.79. The average Bonchev–Trinajstić information content (AvgIpc) is 3.32. The Balaban J connectivity index is 1.94. The van der Waals surface area contributed by atoms with Gasteiger partial charge < -0.3 is 10.0 Å². The molecule has 1 aromatic carbocycles. The predicted octanol–water partition coefficient (Wildman–Crippen LogP) is 3.94. The van der Waals surface area contributed by atoms with Crippen molar-refractivity contribution in [3.63, 3.8) is 0 Å². The molecule has 114 valence electrons. The molecule has 0 amide bonds. The molecule has 1 saturated carbocycles. The van der Waals surface area contributed by atoms with E-state index in [1.54, 1.807) is 12.1 Å². The van der Waals surface area contributed by atoms with Crippen LogP contribution in [0.4, 0.5) is 11.5 Å². The van der Waals surface area contributed by atoms with Crippen molar-refractivity contribution in [2.45, 2.75) is 26.7 Å². The van der Waals surface area contributed by atoms with E-state index in [9.17, 15) is 4.79 Å². The number of rotatable bonds is 5. The van der Waals surface area contributed by atoms with Gasteiger partial charge in [0, 0.05) is 18.4 Å². The third kappa shape index (κ3) is 3.11. The highest BCUT2D eigenvalue weighted by Gasteiger charge is 2.26. The average molecular weight is 296 g/mol. The van der Waals surface area contributed by atoms with Gasteiger partial charge in [0.1, 0.15) is 5.82 Å². The van der Waals surface area contributed by atoms with E-state index < -0.39 is 5.97 Å². The summed E-state index contributed by atoms with van der Waals surface area (Å²) < 4.78 is 0. The van der Waals surface area contributed by atoms with E-state index in [1.807, 2.05) is 0 Å². The minimum Gasteiger partial charge on any atom is -0.478 e. The van der Waals surface area contributed by atoms with Gasteiger partial charge in [0.25, 0.3) is 0 Å². The molecule has 0 radical (unpaired) electrons. The van der Waals surface area contributed by atoms with Crippen LogP contribution >= 0.6 is 0 Å². The second-order valence-electron chi connectivity index (χ2n) is 6.03. The van der Waals surface area contributed by atoms with Gasteiger partial charge in [-0.1, -0.05) is 6.07 Å². The van der Waals surface area contributed by atoms with Crippen molar-refractivity contribution in [3.8, 4) is 0 Å². The molecule has 1 aliphatic carbocycles. The van der Waals surface area contributed by atoms with E-state index >= 15 is 0 Å². The van der Waals surface area contributed by atoms with E-state index in [0.717, 1.165) is 18.1 Å². The summed E-state index contributed by atoms with van der Waals surface area (Å²) in [6.45, 7) is 5.14. The van der Waals surface area contributed by atoms with Crippen molar-refractivity contribution in [2.75, 3.05) is 11.4 Å². The van der Waals surface area contributed by atoms with E-state index in [4.69, 9.17) is 5.11 Å². The van der Waals surface area contributed by atoms with Gasteiger partial charge in [-0.15, -0.1) is 0 Å². The predicted molar refractivity (Wildman–Crippen MR) is 86.8 cm³/mol. The second-order valence-corrected chi connectivity index (χ2v) is 6.03. The van der Waals surface area contributed by atoms with Gasteiger partial charge in [0.15, 0.2) is 0 Å². The number of carboxylic acids is 1. The van der Waals surface area contributed by atoms with Gasteiger partial charge in [0.2, 0.25) is 0 Å². The highest BCUT2D eigenvalue weighted by Crippen LogP contribution is 2.35. The zero-order valence-corrected chi connectivity index (χ0v) is 12.9. The summed E-state index contributed by atoms with van der Waals surface area (Å²) in [6.07, 6.45) is 3.95. The van der Waals surface area contributed by atoms with Gasteiger partial charge in [-0.3, -0.25) is 0 Å². The summed E-state index contributed by atoms with van der Waals surface area (Å²) in [5.41, 5.74) is 3.85. The van der Waals surface area contributed by atoms with E-state index in [1.165, 1.54) is 30.2 Å². The lowest BCUT2D eigenvalue weighted by molar-refractivity contribution is 0.0696. The monoisotopic (exact) mass is 296 g/mol. The number of anilines is 2. The van der Waals surface area contributed by atoms with E-state index in [2.05, 4.69) is 41.9 Å². The lowest BCUT2D eigenvalue weighted by Crippen LogP contribution is -2.21. The number of hydrogen-bond donors (Lipinski definition) is 1. The van der Waals surface area contributed by atoms with Crippen molar-refractivity contribution in [1.82, 2.24) is 4.98 Å². The van der Waals surface area contributed by atoms with Crippen molar-refractivity contribution in [3.05, 3.63) is 53.2 Å². The molecule has 1 heterocycles. The number of aromatic carboxylic acids is 1. The molecule has 3 rings (SSSR count). The summed E-state index contributed by atoms with van der Waals surface area (Å²) in [7, 11) is 0. The van der Waals surface area contributed by atoms with Gasteiger partial charge in [-0.05, 0) is 68.0 Å². The molecule has 4 heteroatoms. The van der Waals surface area contributed by atoms with Crippen LogP contribution in [0.2, 0.25) is 0 Å². The largest absolute Gasteiger partial charge is 0.478 e. The number of hydrogen-bond acceptors (Lipinski definition) is 3. The zero-order chi connectivity index (χ0) is 15.7. The fourth-order valence-corrected chi connectivity index (χ4v) is 2.46. The Kier molecular flexibility index (Phi) is 3.84. The topological polar surface area (TPSA) is 53.4 Å². The minimum absolute atomic E-state index is 0.218. The van der Waals surface area contributed by atoms with Crippen LogP contribution in [0.5, 0.6) is 0 Å². The summed E-state index contributed by atoms with van der Waals surface area (Å²) in [5, 5.41) is 9.00. The normalized spacial score (nSPS) is 13.9. The molecule has 0 bridgehead atoms. The third-order valence-electron chi connectivity index (χ3n) is 4.21. The maximum atomic E-state index is 11.0. The van der Waals surface area contributed by atoms with Crippen LogP contribution in [0.1, 0.15) is 34.3 Å². The number of benzene rings is 1. The third-order valence-corrected chi connectivity index (χ3v) is 4.21. The summed E-state index contributed by atoms with van der Waals surface area (Å²) >= 11 is 0. The van der Waals surface area contributed by atoms with Crippen molar-refractivity contribution >= 4 is 17.5 Å². The van der Waals surface area contributed by atoms with Gasteiger partial charge >= 0.3 is 5.97 Å². The van der Waals surface area contributed by atoms with Crippen LogP contribution in [0, 0.1) is 19.8 Å². The Bertz CT molecular complexity index is 691. The Hall–Kier alpha value is -2.36. The van der Waals surface area contributed by atoms with Crippen LogP contribution in [0.25, 0.3) is 0 Å². The molecule has 2 aromatic rings. The molecule has 0 unspecified atom stereocenters. The minimum atomic E-state index is -0.945. The highest BCUT2D eigenvalue weighted by atomic mass is 16.4. The first-order chi connectivity index (χ1) is 10.5. The molecule has 1 N–H and O–H groups in total. The van der Waals surface area contributed by atoms with Crippen LogP contribution in [-0.2, 0) is 0 Å².